The van der Waals surface area contributed by atoms with Crippen LogP contribution in [0.4, 0.5) is 0 Å². The summed E-state index contributed by atoms with van der Waals surface area (Å²) in [5.74, 6) is -0.305. The first-order valence-electron chi connectivity index (χ1n) is 7.56. The highest BCUT2D eigenvalue weighted by Gasteiger charge is 2.62. The Labute approximate surface area is 136 Å². The average molecular weight is 335 g/mol. The Morgan fingerprint density at radius 3 is 2.88 bits per heavy atom. The lowest BCUT2D eigenvalue weighted by molar-refractivity contribution is -0.136. The molecule has 4 rings (SSSR count). The first-order chi connectivity index (χ1) is 11.5. The largest absolute Gasteiger partial charge is 0.483 e. The molecule has 3 saturated heterocycles. The van der Waals surface area contributed by atoms with E-state index in [4.69, 9.17) is 14.6 Å². The highest BCUT2D eigenvalue weighted by Crippen LogP contribution is 2.45. The predicted molar refractivity (Wildman–Crippen MR) is 80.2 cm³/mol. The molecule has 3 aliphatic heterocycles. The molecule has 1 spiro atoms. The van der Waals surface area contributed by atoms with Crippen LogP contribution in [0.1, 0.15) is 23.2 Å². The average Bonchev–Trinajstić information content (AvgIpc) is 3.19. The smallest absolute Gasteiger partial charge is 0.290 e. The van der Waals surface area contributed by atoms with Crippen LogP contribution in [-0.2, 0) is 14.3 Å². The van der Waals surface area contributed by atoms with Gasteiger partial charge in [-0.1, -0.05) is 0 Å². The van der Waals surface area contributed by atoms with Crippen molar-refractivity contribution >= 4 is 18.3 Å². The topological polar surface area (TPSA) is 120 Å². The van der Waals surface area contributed by atoms with Crippen LogP contribution in [0.25, 0.3) is 0 Å². The normalized spacial score (nSPS) is 27.3. The number of nitrogens with one attached hydrogen (secondary N) is 1. The van der Waals surface area contributed by atoms with Gasteiger partial charge in [-0.2, -0.15) is 0 Å². The Kier molecular flexibility index (Phi) is 4.10. The minimum Gasteiger partial charge on any atom is -0.483 e. The van der Waals surface area contributed by atoms with E-state index >= 15 is 0 Å². The molecule has 24 heavy (non-hydrogen) atoms. The van der Waals surface area contributed by atoms with Gasteiger partial charge < -0.3 is 24.6 Å². The van der Waals surface area contributed by atoms with Crippen molar-refractivity contribution in [1.29, 1.82) is 0 Å². The second kappa shape index (κ2) is 6.08. The third-order valence-electron chi connectivity index (χ3n) is 4.71. The minimum absolute atomic E-state index is 0.0250. The maximum absolute atomic E-state index is 12.6. The summed E-state index contributed by atoms with van der Waals surface area (Å²) >= 11 is 0. The lowest BCUT2D eigenvalue weighted by Gasteiger charge is -2.31. The zero-order chi connectivity index (χ0) is 17.3. The third kappa shape index (κ3) is 2.28. The number of nitrogens with zero attached hydrogens (tertiary/aromatic N) is 2. The van der Waals surface area contributed by atoms with Crippen LogP contribution in [-0.4, -0.2) is 69.6 Å². The number of likely N-dealkylation sites (tertiary alicyclic amines) is 1. The Bertz CT molecular complexity index is 732. The summed E-state index contributed by atoms with van der Waals surface area (Å²) in [6.07, 6.45) is 2.38. The molecule has 0 radical (unpaired) electrons. The van der Waals surface area contributed by atoms with Crippen molar-refractivity contribution in [2.75, 3.05) is 19.7 Å². The lowest BCUT2D eigenvalue weighted by Crippen LogP contribution is -2.49. The van der Waals surface area contributed by atoms with Crippen LogP contribution in [0.5, 0.6) is 0 Å². The van der Waals surface area contributed by atoms with Gasteiger partial charge in [-0.25, -0.2) is 0 Å². The van der Waals surface area contributed by atoms with Crippen molar-refractivity contribution in [3.63, 3.8) is 0 Å². The zero-order valence-corrected chi connectivity index (χ0v) is 12.8. The van der Waals surface area contributed by atoms with Gasteiger partial charge in [-0.05, 0) is 12.1 Å². The lowest BCUT2D eigenvalue weighted by atomic mass is 10.1. The molecule has 3 fully saturated rings. The van der Waals surface area contributed by atoms with Crippen LogP contribution >= 0.6 is 0 Å². The second-order valence-corrected chi connectivity index (χ2v) is 5.73. The summed E-state index contributed by atoms with van der Waals surface area (Å²) in [4.78, 5) is 50.7. The fraction of sp³-hybridized carbons (Fsp3) is 0.467. The molecule has 9 nitrogen and oxygen atoms in total. The first-order valence-corrected chi connectivity index (χ1v) is 7.56. The number of aromatic nitrogens is 1. The highest BCUT2D eigenvalue weighted by atomic mass is 16.5. The molecule has 4 heterocycles. The maximum Gasteiger partial charge on any atom is 0.290 e. The molecule has 0 unspecified atom stereocenters. The summed E-state index contributed by atoms with van der Waals surface area (Å²) in [5.41, 5.74) is -0.954. The van der Waals surface area contributed by atoms with E-state index in [9.17, 15) is 14.4 Å². The van der Waals surface area contributed by atoms with Gasteiger partial charge in [0.05, 0.1) is 19.1 Å². The van der Waals surface area contributed by atoms with Gasteiger partial charge in [0.25, 0.3) is 17.9 Å². The number of hydrogen-bond donors (Lipinski definition) is 2. The van der Waals surface area contributed by atoms with Crippen LogP contribution in [0.3, 0.4) is 0 Å². The van der Waals surface area contributed by atoms with E-state index in [2.05, 4.69) is 4.98 Å². The summed E-state index contributed by atoms with van der Waals surface area (Å²) in [7, 11) is 0. The van der Waals surface area contributed by atoms with Gasteiger partial charge in [0.2, 0.25) is 5.91 Å². The number of amides is 2. The second-order valence-electron chi connectivity index (χ2n) is 5.73. The van der Waals surface area contributed by atoms with Crippen molar-refractivity contribution < 1.29 is 24.2 Å². The number of H-pyrrole nitrogens is 1. The molecule has 3 aliphatic rings. The highest BCUT2D eigenvalue weighted by molar-refractivity contribution is 5.95. The van der Waals surface area contributed by atoms with E-state index in [1.54, 1.807) is 15.9 Å². The maximum atomic E-state index is 12.6. The Hall–Kier alpha value is -2.68. The summed E-state index contributed by atoms with van der Waals surface area (Å²) in [6, 6.07) is 2.84. The molecule has 9 heteroatoms. The van der Waals surface area contributed by atoms with E-state index in [0.29, 0.717) is 26.1 Å². The predicted octanol–water partition coefficient (Wildman–Crippen LogP) is -0.751. The van der Waals surface area contributed by atoms with E-state index < -0.39 is 11.3 Å². The van der Waals surface area contributed by atoms with Gasteiger partial charge in [0.15, 0.2) is 5.72 Å². The molecule has 0 saturated carbocycles. The quantitative estimate of drug-likeness (QED) is 0.652. The number of carboxylic acid groups (broad SMARTS) is 1. The monoisotopic (exact) mass is 335 g/mol. The van der Waals surface area contributed by atoms with Gasteiger partial charge in [0.1, 0.15) is 5.56 Å². The SMILES string of the molecule is O=C(c1ccc[nH]c1=O)N1CC[C@@]23OCCN2C(=O)C[C@@H]13.O=CO. The summed E-state index contributed by atoms with van der Waals surface area (Å²) in [6.45, 7) is 1.35. The van der Waals surface area contributed by atoms with Crippen molar-refractivity contribution in [2.45, 2.75) is 24.6 Å². The van der Waals surface area contributed by atoms with E-state index in [0.717, 1.165) is 0 Å². The fourth-order valence-corrected chi connectivity index (χ4v) is 3.78. The van der Waals surface area contributed by atoms with Crippen LogP contribution < -0.4 is 5.56 Å². The van der Waals surface area contributed by atoms with Crippen molar-refractivity contribution in [3.05, 3.63) is 34.2 Å². The van der Waals surface area contributed by atoms with Crippen LogP contribution in [0, 0.1) is 0 Å². The molecule has 0 aliphatic carbocycles. The molecule has 0 aromatic carbocycles. The molecule has 128 valence electrons. The number of aromatic amines is 1. The number of rotatable bonds is 1. The molecule has 0 bridgehead atoms. The van der Waals surface area contributed by atoms with Crippen molar-refractivity contribution in [2.24, 2.45) is 0 Å². The number of carbonyl (C=O) groups is 3. The van der Waals surface area contributed by atoms with Gasteiger partial charge in [-0.15, -0.1) is 0 Å². The van der Waals surface area contributed by atoms with Gasteiger partial charge in [0, 0.05) is 25.7 Å². The van der Waals surface area contributed by atoms with E-state index in [-0.39, 0.29) is 36.3 Å². The summed E-state index contributed by atoms with van der Waals surface area (Å²) in [5, 5.41) is 6.89. The van der Waals surface area contributed by atoms with Crippen molar-refractivity contribution in [1.82, 2.24) is 14.8 Å². The zero-order valence-electron chi connectivity index (χ0n) is 12.8. The molecular weight excluding hydrogens is 318 g/mol. The van der Waals surface area contributed by atoms with Gasteiger partial charge in [-0.3, -0.25) is 19.2 Å². The van der Waals surface area contributed by atoms with E-state index in [1.807, 2.05) is 0 Å². The van der Waals surface area contributed by atoms with E-state index in [1.165, 1.54) is 12.3 Å². The van der Waals surface area contributed by atoms with Crippen LogP contribution in [0.2, 0.25) is 0 Å². The third-order valence-corrected chi connectivity index (χ3v) is 4.71. The number of ether oxygens (including phenoxy) is 1. The number of pyridine rings is 1. The molecular formula is C15H17N3O6. The molecule has 2 amide bonds. The standard InChI is InChI=1S/C14H15N3O4.CH2O2/c18-11-8-10-14(17(11)6-7-21-14)3-5-16(10)13(20)9-2-1-4-15-12(9)19;2-1-3/h1-2,4,10H,3,5-8H2,(H,15,19);1H,(H,2,3)/t10-,14+;/m1./s1. The van der Waals surface area contributed by atoms with Crippen molar-refractivity contribution in [3.8, 4) is 0 Å². The molecule has 1 aromatic heterocycles. The van der Waals surface area contributed by atoms with Crippen LogP contribution in [0.15, 0.2) is 23.1 Å². The number of carbonyl (C=O) groups excluding carboxylic acids is 2. The fourth-order valence-electron chi connectivity index (χ4n) is 3.78. The van der Waals surface area contributed by atoms with Gasteiger partial charge >= 0.3 is 0 Å². The first kappa shape index (κ1) is 16.2. The molecule has 2 atom stereocenters. The summed E-state index contributed by atoms with van der Waals surface area (Å²) < 4.78 is 5.83. The Balaban J connectivity index is 0.000000526. The Morgan fingerprint density at radius 1 is 1.42 bits per heavy atom. The molecule has 2 N–H and O–H groups in total. The number of hydrogen-bond acceptors (Lipinski definition) is 5. The Morgan fingerprint density at radius 2 is 2.17 bits per heavy atom. The minimum atomic E-state index is -0.658. The molecule has 1 aromatic rings.